The van der Waals surface area contributed by atoms with Crippen LogP contribution in [0.1, 0.15) is 49.8 Å². The Morgan fingerprint density at radius 1 is 1.14 bits per heavy atom. The van der Waals surface area contributed by atoms with Crippen molar-refractivity contribution in [2.24, 2.45) is 0 Å². The monoisotopic (exact) mass is 470 g/mol. The molecule has 4 bridgehead atoms. The van der Waals surface area contributed by atoms with Crippen LogP contribution in [0.2, 0.25) is 0 Å². The Morgan fingerprint density at radius 3 is 2.69 bits per heavy atom. The molecule has 1 fully saturated rings. The molecule has 0 saturated carbocycles. The molecule has 2 aromatic carbocycles. The SMILES string of the molecule is CC(=O)Cn1nc2c3c(cccc31)-c1cc3c(cnn3[N+]3(C(=O)CCC=O)CCC2CC3)cc1C. The van der Waals surface area contributed by atoms with Crippen LogP contribution >= 0.6 is 0 Å². The lowest BCUT2D eigenvalue weighted by Gasteiger charge is -2.39. The number of aromatic nitrogens is 4. The number of nitrogens with zero attached hydrogens (tertiary/aromatic N) is 5. The number of Topliss-reactive ketones (excluding diaryl/α,β-unsaturated/α-hetero) is 1. The van der Waals surface area contributed by atoms with Crippen LogP contribution in [0.4, 0.5) is 0 Å². The van der Waals surface area contributed by atoms with E-state index in [0.717, 1.165) is 63.3 Å². The minimum Gasteiger partial charge on any atom is -0.303 e. The van der Waals surface area contributed by atoms with Gasteiger partial charge < -0.3 is 4.79 Å². The van der Waals surface area contributed by atoms with E-state index in [4.69, 9.17) is 10.2 Å². The fraction of sp³-hybridized carbons (Fsp3) is 0.370. The molecule has 0 unspecified atom stereocenters. The minimum absolute atomic E-state index is 0.0201. The van der Waals surface area contributed by atoms with Crippen LogP contribution in [-0.2, 0) is 20.9 Å². The largest absolute Gasteiger partial charge is 0.340 e. The summed E-state index contributed by atoms with van der Waals surface area (Å²) < 4.78 is 1.94. The van der Waals surface area contributed by atoms with Crippen LogP contribution in [0.3, 0.4) is 0 Å². The average Bonchev–Trinajstić information content (AvgIpc) is 3.42. The second-order valence-corrected chi connectivity index (χ2v) is 9.95. The Bertz CT molecular complexity index is 1520. The van der Waals surface area contributed by atoms with E-state index in [2.05, 4.69) is 25.1 Å². The number of hydrogen-bond donors (Lipinski definition) is 0. The van der Waals surface area contributed by atoms with Crippen molar-refractivity contribution in [3.8, 4) is 11.1 Å². The highest BCUT2D eigenvalue weighted by Crippen LogP contribution is 2.42. The Balaban J connectivity index is 1.67. The van der Waals surface area contributed by atoms with E-state index in [1.54, 1.807) is 6.92 Å². The quantitative estimate of drug-likeness (QED) is 0.327. The van der Waals surface area contributed by atoms with E-state index in [-0.39, 0.29) is 41.6 Å². The zero-order chi connectivity index (χ0) is 24.3. The van der Waals surface area contributed by atoms with E-state index in [1.807, 2.05) is 27.8 Å². The molecule has 7 rings (SSSR count). The molecular formula is C27H28N5O3+. The molecule has 3 aliphatic rings. The molecule has 3 aliphatic heterocycles. The molecule has 2 aromatic heterocycles. The van der Waals surface area contributed by atoms with Gasteiger partial charge in [0, 0.05) is 36.0 Å². The third-order valence-corrected chi connectivity index (χ3v) is 7.75. The molecular weight excluding hydrogens is 442 g/mol. The number of fused-ring (bicyclic) bond motifs is 2. The Morgan fingerprint density at radius 2 is 1.94 bits per heavy atom. The number of carbonyl (C=O) groups excluding carboxylic acids is 3. The first kappa shape index (κ1) is 21.9. The highest BCUT2D eigenvalue weighted by molar-refractivity contribution is 6.01. The Labute approximate surface area is 202 Å². The lowest BCUT2D eigenvalue weighted by atomic mass is 9.88. The molecule has 35 heavy (non-hydrogen) atoms. The molecule has 5 heterocycles. The second kappa shape index (κ2) is 7.95. The molecule has 0 atom stereocenters. The van der Waals surface area contributed by atoms with Crippen LogP contribution in [0.5, 0.6) is 0 Å². The van der Waals surface area contributed by atoms with E-state index in [0.29, 0.717) is 13.1 Å². The van der Waals surface area contributed by atoms with Gasteiger partial charge in [0.1, 0.15) is 24.9 Å². The van der Waals surface area contributed by atoms with E-state index >= 15 is 0 Å². The summed E-state index contributed by atoms with van der Waals surface area (Å²) in [6.45, 7) is 5.10. The molecule has 8 nitrogen and oxygen atoms in total. The number of piperidine rings is 1. The van der Waals surface area contributed by atoms with Gasteiger partial charge in [-0.2, -0.15) is 5.10 Å². The number of amides is 1. The van der Waals surface area contributed by atoms with Gasteiger partial charge in [-0.05, 0) is 48.7 Å². The zero-order valence-electron chi connectivity index (χ0n) is 20.0. The standard InChI is InChI=1S/C27H28N5O3/c1-17-13-20-15-28-31-24(20)14-22(17)21-5-3-6-23-26(21)27(29-30(23)16-18(2)34)19-8-10-32(31,11-9-19)25(35)7-4-12-33/h3,5-6,12-15,19H,4,7-11,16H2,1-2H3/q+1. The predicted octanol–water partition coefficient (Wildman–Crippen LogP) is 3.79. The highest BCUT2D eigenvalue weighted by Gasteiger charge is 2.46. The third-order valence-electron chi connectivity index (χ3n) is 7.75. The van der Waals surface area contributed by atoms with Gasteiger partial charge in [0.15, 0.2) is 5.78 Å². The van der Waals surface area contributed by atoms with Crippen molar-refractivity contribution in [1.29, 1.82) is 0 Å². The van der Waals surface area contributed by atoms with Gasteiger partial charge in [0.05, 0.1) is 30.4 Å². The number of ketones is 1. The van der Waals surface area contributed by atoms with Crippen molar-refractivity contribution in [2.45, 2.75) is 52.0 Å². The van der Waals surface area contributed by atoms with Gasteiger partial charge in [-0.15, -0.1) is 9.69 Å². The summed E-state index contributed by atoms with van der Waals surface area (Å²) in [5, 5.41) is 11.8. The predicted molar refractivity (Wildman–Crippen MR) is 133 cm³/mol. The first-order chi connectivity index (χ1) is 16.9. The summed E-state index contributed by atoms with van der Waals surface area (Å²) in [4.78, 5) is 38.6. The van der Waals surface area contributed by atoms with Crippen molar-refractivity contribution in [1.82, 2.24) is 24.3 Å². The van der Waals surface area contributed by atoms with Crippen molar-refractivity contribution < 1.29 is 14.4 Å². The van der Waals surface area contributed by atoms with Crippen molar-refractivity contribution in [3.05, 3.63) is 47.8 Å². The van der Waals surface area contributed by atoms with E-state index in [9.17, 15) is 14.4 Å². The van der Waals surface area contributed by atoms with Gasteiger partial charge in [-0.1, -0.05) is 16.9 Å². The van der Waals surface area contributed by atoms with Crippen LogP contribution in [0.25, 0.3) is 32.9 Å². The van der Waals surface area contributed by atoms with Gasteiger partial charge in [0.2, 0.25) is 0 Å². The summed E-state index contributed by atoms with van der Waals surface area (Å²) in [6, 6.07) is 10.5. The molecule has 0 aliphatic carbocycles. The molecule has 4 aromatic rings. The van der Waals surface area contributed by atoms with Crippen LogP contribution in [0, 0.1) is 6.92 Å². The fourth-order valence-electron chi connectivity index (χ4n) is 6.07. The first-order valence-corrected chi connectivity index (χ1v) is 12.3. The van der Waals surface area contributed by atoms with E-state index in [1.165, 1.54) is 0 Å². The average molecular weight is 471 g/mol. The number of hydrogen-bond acceptors (Lipinski definition) is 5. The molecule has 1 saturated heterocycles. The maximum atomic E-state index is 13.6. The summed E-state index contributed by atoms with van der Waals surface area (Å²) in [6.07, 6.45) is 4.60. The number of aryl methyl sites for hydroxylation is 1. The van der Waals surface area contributed by atoms with Gasteiger partial charge in [-0.3, -0.25) is 9.48 Å². The molecule has 0 radical (unpaired) electrons. The Kier molecular flexibility index (Phi) is 4.96. The van der Waals surface area contributed by atoms with Crippen LogP contribution in [-0.4, -0.2) is 50.7 Å². The van der Waals surface area contributed by atoms with Gasteiger partial charge in [-0.25, -0.2) is 4.79 Å². The lowest BCUT2D eigenvalue weighted by Crippen LogP contribution is -2.65. The summed E-state index contributed by atoms with van der Waals surface area (Å²) in [5.74, 6) is 0.251. The Hall–Kier alpha value is -3.65. The van der Waals surface area contributed by atoms with Gasteiger partial charge in [0.25, 0.3) is 0 Å². The number of carbonyl (C=O) groups is 3. The summed E-state index contributed by atoms with van der Waals surface area (Å²) in [5.41, 5.74) is 6.19. The number of aldehydes is 1. The normalized spacial score (nSPS) is 20.9. The van der Waals surface area contributed by atoms with Crippen molar-refractivity contribution in [2.75, 3.05) is 13.1 Å². The summed E-state index contributed by atoms with van der Waals surface area (Å²) in [7, 11) is 0. The number of rotatable bonds is 5. The molecule has 8 heteroatoms. The molecule has 0 N–H and O–H groups in total. The lowest BCUT2D eigenvalue weighted by molar-refractivity contribution is -0.141. The number of quaternary nitrogens is 1. The maximum absolute atomic E-state index is 13.6. The minimum atomic E-state index is 0.0201. The third kappa shape index (κ3) is 3.20. The smallest absolute Gasteiger partial charge is 0.303 e. The van der Waals surface area contributed by atoms with Gasteiger partial charge >= 0.3 is 5.91 Å². The van der Waals surface area contributed by atoms with Crippen molar-refractivity contribution in [3.63, 3.8) is 0 Å². The molecule has 178 valence electrons. The topological polar surface area (TPSA) is 86.8 Å². The fourth-order valence-corrected chi connectivity index (χ4v) is 6.07. The van der Waals surface area contributed by atoms with Crippen LogP contribution < -0.4 is 4.59 Å². The highest BCUT2D eigenvalue weighted by atomic mass is 16.2. The maximum Gasteiger partial charge on any atom is 0.340 e. The summed E-state index contributed by atoms with van der Waals surface area (Å²) >= 11 is 0. The number of benzene rings is 2. The van der Waals surface area contributed by atoms with E-state index < -0.39 is 0 Å². The second-order valence-electron chi connectivity index (χ2n) is 9.95. The van der Waals surface area contributed by atoms with Crippen LogP contribution in [0.15, 0.2) is 36.5 Å². The molecule has 0 spiro atoms. The first-order valence-electron chi connectivity index (χ1n) is 12.3. The van der Waals surface area contributed by atoms with Crippen molar-refractivity contribution >= 4 is 39.8 Å². The zero-order valence-corrected chi connectivity index (χ0v) is 20.0. The molecule has 1 amide bonds.